The first-order valence-electron chi connectivity index (χ1n) is 15.1. The van der Waals surface area contributed by atoms with E-state index in [9.17, 15) is 24.0 Å². The third kappa shape index (κ3) is 5.61. The van der Waals surface area contributed by atoms with Crippen LogP contribution in [0.4, 0.5) is 10.5 Å². The lowest BCUT2D eigenvalue weighted by molar-refractivity contribution is -0.151. The lowest BCUT2D eigenvalue weighted by Crippen LogP contribution is -2.53. The molecule has 2 amide bonds. The van der Waals surface area contributed by atoms with Crippen LogP contribution in [-0.2, 0) is 24.5 Å². The number of aryl methyl sites for hydroxylation is 2. The van der Waals surface area contributed by atoms with Crippen LogP contribution < -0.4 is 4.90 Å². The van der Waals surface area contributed by atoms with E-state index < -0.39 is 46.6 Å². The van der Waals surface area contributed by atoms with Crippen LogP contribution in [0.5, 0.6) is 0 Å². The fourth-order valence-electron chi connectivity index (χ4n) is 6.35. The molecule has 1 aliphatic heterocycles. The van der Waals surface area contributed by atoms with Crippen molar-refractivity contribution in [3.05, 3.63) is 112 Å². The molecular formula is C37H37NO7. The van der Waals surface area contributed by atoms with Crippen molar-refractivity contribution in [3.63, 3.8) is 0 Å². The molecule has 3 atom stereocenters. The van der Waals surface area contributed by atoms with Gasteiger partial charge in [-0.2, -0.15) is 0 Å². The average Bonchev–Trinajstić information content (AvgIpc) is 3.45. The van der Waals surface area contributed by atoms with Gasteiger partial charge in [0.2, 0.25) is 5.91 Å². The maximum atomic E-state index is 14.9. The summed E-state index contributed by atoms with van der Waals surface area (Å²) in [6, 6.07) is 20.6. The molecule has 0 aromatic heterocycles. The first kappa shape index (κ1) is 31.6. The molecule has 8 heteroatoms. The van der Waals surface area contributed by atoms with E-state index >= 15 is 0 Å². The summed E-state index contributed by atoms with van der Waals surface area (Å²) in [5.74, 6) is -4.67. The van der Waals surface area contributed by atoms with Crippen molar-refractivity contribution in [1.82, 2.24) is 0 Å². The van der Waals surface area contributed by atoms with Crippen molar-refractivity contribution in [1.29, 1.82) is 0 Å². The van der Waals surface area contributed by atoms with E-state index in [2.05, 4.69) is 0 Å². The monoisotopic (exact) mass is 607 g/mol. The van der Waals surface area contributed by atoms with Gasteiger partial charge in [-0.25, -0.2) is 9.69 Å². The van der Waals surface area contributed by atoms with Crippen molar-refractivity contribution in [2.75, 3.05) is 11.5 Å². The van der Waals surface area contributed by atoms with Gasteiger partial charge < -0.3 is 9.47 Å². The summed E-state index contributed by atoms with van der Waals surface area (Å²) in [6.07, 6.45) is 0.455. The van der Waals surface area contributed by atoms with E-state index in [1.165, 1.54) is 0 Å². The number of para-hydroxylation sites is 1. The number of anilines is 1. The highest BCUT2D eigenvalue weighted by molar-refractivity contribution is 6.25. The number of rotatable bonds is 7. The average molecular weight is 608 g/mol. The van der Waals surface area contributed by atoms with E-state index in [1.54, 1.807) is 94.4 Å². The van der Waals surface area contributed by atoms with Crippen LogP contribution >= 0.6 is 0 Å². The second-order valence-electron chi connectivity index (χ2n) is 12.6. The molecule has 1 unspecified atom stereocenters. The number of allylic oxidation sites excluding steroid dienone is 1. The zero-order valence-corrected chi connectivity index (χ0v) is 26.4. The third-order valence-electron chi connectivity index (χ3n) is 8.33. The van der Waals surface area contributed by atoms with Crippen LogP contribution in [0.25, 0.3) is 0 Å². The molecule has 45 heavy (non-hydrogen) atoms. The summed E-state index contributed by atoms with van der Waals surface area (Å²) < 4.78 is 11.2. The molecule has 5 rings (SSSR count). The number of carbonyl (C=O) groups is 5. The molecule has 232 valence electrons. The Morgan fingerprint density at radius 1 is 0.844 bits per heavy atom. The number of hydrogen-bond acceptors (Lipinski definition) is 7. The fourth-order valence-corrected chi connectivity index (χ4v) is 6.35. The van der Waals surface area contributed by atoms with Gasteiger partial charge >= 0.3 is 12.1 Å². The van der Waals surface area contributed by atoms with Crippen LogP contribution in [0.2, 0.25) is 0 Å². The highest BCUT2D eigenvalue weighted by Gasteiger charge is 2.67. The molecule has 0 saturated heterocycles. The Morgan fingerprint density at radius 2 is 1.42 bits per heavy atom. The molecule has 0 bridgehead atoms. The number of esters is 1. The fraction of sp³-hybridized carbons (Fsp3) is 0.324. The Morgan fingerprint density at radius 3 is 2.00 bits per heavy atom. The number of imide groups is 1. The van der Waals surface area contributed by atoms with E-state index in [0.717, 1.165) is 16.0 Å². The normalized spacial score (nSPS) is 20.5. The molecule has 3 aromatic carbocycles. The van der Waals surface area contributed by atoms with Gasteiger partial charge in [-0.05, 0) is 53.2 Å². The van der Waals surface area contributed by atoms with Crippen LogP contribution in [0.15, 0.2) is 84.4 Å². The van der Waals surface area contributed by atoms with E-state index in [1.807, 2.05) is 26.0 Å². The Bertz CT molecular complexity index is 1710. The zero-order chi connectivity index (χ0) is 32.7. The summed E-state index contributed by atoms with van der Waals surface area (Å²) in [5, 5.41) is 0. The topological polar surface area (TPSA) is 107 Å². The molecule has 1 heterocycles. The highest BCUT2D eigenvalue weighted by Crippen LogP contribution is 2.59. The molecule has 0 saturated carbocycles. The Balaban J connectivity index is 1.74. The summed E-state index contributed by atoms with van der Waals surface area (Å²) in [5.41, 5.74) is 0.556. The molecule has 2 aliphatic rings. The molecular weight excluding hydrogens is 570 g/mol. The van der Waals surface area contributed by atoms with Gasteiger partial charge in [0.15, 0.2) is 11.6 Å². The van der Waals surface area contributed by atoms with Crippen molar-refractivity contribution in [2.45, 2.75) is 59.0 Å². The van der Waals surface area contributed by atoms with Gasteiger partial charge in [0.25, 0.3) is 0 Å². The van der Waals surface area contributed by atoms with Crippen molar-refractivity contribution < 1.29 is 33.4 Å². The molecule has 1 aliphatic carbocycles. The second-order valence-corrected chi connectivity index (χ2v) is 12.6. The number of Topliss-reactive ketones (excluding diaryl/α,β-unsaturated/α-hetero) is 2. The number of hydrogen-bond donors (Lipinski definition) is 0. The van der Waals surface area contributed by atoms with Gasteiger partial charge in [-0.1, -0.05) is 83.9 Å². The number of ketones is 2. The van der Waals surface area contributed by atoms with Crippen LogP contribution in [0.1, 0.15) is 71.5 Å². The summed E-state index contributed by atoms with van der Waals surface area (Å²) in [6.45, 7) is 10.5. The zero-order valence-electron chi connectivity index (χ0n) is 26.4. The number of carbonyl (C=O) groups excluding carboxylic acids is 5. The Hall–Kier alpha value is -4.85. The third-order valence-corrected chi connectivity index (χ3v) is 8.33. The lowest BCUT2D eigenvalue weighted by atomic mass is 9.64. The van der Waals surface area contributed by atoms with Crippen LogP contribution in [0, 0.1) is 25.7 Å². The predicted molar refractivity (Wildman–Crippen MR) is 169 cm³/mol. The van der Waals surface area contributed by atoms with Gasteiger partial charge in [0, 0.05) is 29.0 Å². The lowest BCUT2D eigenvalue weighted by Gasteiger charge is -2.35. The summed E-state index contributed by atoms with van der Waals surface area (Å²) in [4.78, 5) is 71.5. The van der Waals surface area contributed by atoms with Gasteiger partial charge in [-0.3, -0.25) is 19.2 Å². The van der Waals surface area contributed by atoms with Crippen molar-refractivity contribution in [3.8, 4) is 0 Å². The minimum Gasteiger partial charge on any atom is -0.465 e. The van der Waals surface area contributed by atoms with E-state index in [-0.39, 0.29) is 30.1 Å². The van der Waals surface area contributed by atoms with E-state index in [0.29, 0.717) is 16.7 Å². The maximum absolute atomic E-state index is 14.9. The number of ether oxygens (including phenoxy) is 2. The number of nitrogens with zero attached hydrogens (tertiary/aromatic N) is 1. The standard InChI is InChI=1S/C37H37NO7/c1-7-44-33(41)31-27(32(40)25-18-14-23(3)15-19-25)20-26(21-30(39)24-16-12-22(2)13-17-24)37(31)28-10-8-9-11-29(28)38(34(37)42)35(43)45-36(4,5)6/h8-20,26,31H,7,21H2,1-6H3/t26-,31?,37-/m0/s1. The first-order chi connectivity index (χ1) is 21.3. The molecule has 3 aromatic rings. The van der Waals surface area contributed by atoms with Crippen LogP contribution in [-0.4, -0.2) is 41.7 Å². The van der Waals surface area contributed by atoms with Gasteiger partial charge in [0.05, 0.1) is 12.3 Å². The number of benzene rings is 3. The Labute approximate surface area is 263 Å². The number of fused-ring (bicyclic) bond motifs is 2. The summed E-state index contributed by atoms with van der Waals surface area (Å²) >= 11 is 0. The highest BCUT2D eigenvalue weighted by atomic mass is 16.6. The molecule has 8 nitrogen and oxygen atoms in total. The minimum absolute atomic E-state index is 0.00397. The smallest absolute Gasteiger partial charge is 0.421 e. The number of amides is 2. The Kier molecular flexibility index (Phi) is 8.36. The van der Waals surface area contributed by atoms with Crippen LogP contribution in [0.3, 0.4) is 0 Å². The molecule has 0 fully saturated rings. The van der Waals surface area contributed by atoms with Gasteiger partial charge in [0.1, 0.15) is 16.9 Å². The minimum atomic E-state index is -1.82. The van der Waals surface area contributed by atoms with Gasteiger partial charge in [-0.15, -0.1) is 0 Å². The molecule has 0 radical (unpaired) electrons. The quantitative estimate of drug-likeness (QED) is 0.217. The molecule has 1 spiro atoms. The predicted octanol–water partition coefficient (Wildman–Crippen LogP) is 6.71. The molecule has 0 N–H and O–H groups in total. The first-order valence-corrected chi connectivity index (χ1v) is 15.1. The summed E-state index contributed by atoms with van der Waals surface area (Å²) in [7, 11) is 0. The second kappa shape index (κ2) is 11.9. The maximum Gasteiger partial charge on any atom is 0.421 e. The van der Waals surface area contributed by atoms with E-state index in [4.69, 9.17) is 9.47 Å². The van der Waals surface area contributed by atoms with Crippen molar-refractivity contribution >= 4 is 35.2 Å². The SMILES string of the molecule is CCOC(=O)C1C(C(=O)c2ccc(C)cc2)=C[C@@H](CC(=O)c2ccc(C)cc2)[C@@]12C(=O)N(C(=O)OC(C)(C)C)c1ccccc12. The van der Waals surface area contributed by atoms with Crippen molar-refractivity contribution in [2.24, 2.45) is 11.8 Å². The largest absolute Gasteiger partial charge is 0.465 e.